The SMILES string of the molecule is N#C/C(=C/c1cc(I)c(OCc2ccc(Br)cc2)c(I)c1)C(=O)NC1CCCC1. The van der Waals surface area contributed by atoms with E-state index in [1.54, 1.807) is 6.08 Å². The third-order valence-electron chi connectivity index (χ3n) is 4.68. The van der Waals surface area contributed by atoms with Crippen LogP contribution < -0.4 is 10.1 Å². The topological polar surface area (TPSA) is 62.1 Å². The Balaban J connectivity index is 1.73. The fraction of sp³-hybridized carbons (Fsp3) is 0.273. The first kappa shape index (κ1) is 22.6. The van der Waals surface area contributed by atoms with Gasteiger partial charge in [0.2, 0.25) is 0 Å². The molecule has 0 aliphatic heterocycles. The highest BCUT2D eigenvalue weighted by Crippen LogP contribution is 2.30. The zero-order valence-electron chi connectivity index (χ0n) is 15.6. The molecule has 3 rings (SSSR count). The van der Waals surface area contributed by atoms with Crippen molar-refractivity contribution < 1.29 is 9.53 Å². The quantitative estimate of drug-likeness (QED) is 0.225. The number of ether oxygens (including phenoxy) is 1. The van der Waals surface area contributed by atoms with E-state index in [9.17, 15) is 10.1 Å². The lowest BCUT2D eigenvalue weighted by atomic mass is 10.1. The molecule has 0 spiro atoms. The van der Waals surface area contributed by atoms with Crippen molar-refractivity contribution in [3.63, 3.8) is 0 Å². The van der Waals surface area contributed by atoms with Crippen molar-refractivity contribution >= 4 is 73.1 Å². The van der Waals surface area contributed by atoms with E-state index in [0.717, 1.165) is 54.2 Å². The maximum atomic E-state index is 12.4. The molecule has 2 aromatic carbocycles. The highest BCUT2D eigenvalue weighted by molar-refractivity contribution is 14.1. The van der Waals surface area contributed by atoms with Crippen molar-refractivity contribution in [3.8, 4) is 11.8 Å². The van der Waals surface area contributed by atoms with Crippen molar-refractivity contribution in [2.45, 2.75) is 38.3 Å². The Morgan fingerprint density at radius 2 is 1.83 bits per heavy atom. The van der Waals surface area contributed by atoms with E-state index >= 15 is 0 Å². The first-order chi connectivity index (χ1) is 14.0. The first-order valence-corrected chi connectivity index (χ1v) is 12.2. The second-order valence-corrected chi connectivity index (χ2v) is 10.1. The van der Waals surface area contributed by atoms with E-state index in [-0.39, 0.29) is 17.5 Å². The third kappa shape index (κ3) is 6.43. The van der Waals surface area contributed by atoms with Crippen molar-refractivity contribution in [1.82, 2.24) is 5.32 Å². The predicted octanol–water partition coefficient (Wildman–Crippen LogP) is 6.20. The maximum Gasteiger partial charge on any atom is 0.262 e. The molecule has 150 valence electrons. The van der Waals surface area contributed by atoms with E-state index in [1.807, 2.05) is 42.5 Å². The van der Waals surface area contributed by atoms with Crippen LogP contribution in [0.25, 0.3) is 6.08 Å². The molecule has 1 N–H and O–H groups in total. The fourth-order valence-electron chi connectivity index (χ4n) is 3.19. The molecule has 2 aromatic rings. The lowest BCUT2D eigenvalue weighted by Gasteiger charge is -2.13. The Hall–Kier alpha value is -1.12. The highest BCUT2D eigenvalue weighted by Gasteiger charge is 2.19. The molecule has 1 amide bonds. The Labute approximate surface area is 206 Å². The molecular formula is C22H19BrI2N2O2. The van der Waals surface area contributed by atoms with Crippen LogP contribution in [0, 0.1) is 18.5 Å². The molecule has 0 saturated heterocycles. The number of hydrogen-bond donors (Lipinski definition) is 1. The van der Waals surface area contributed by atoms with E-state index in [1.165, 1.54) is 0 Å². The van der Waals surface area contributed by atoms with Crippen LogP contribution in [0.1, 0.15) is 36.8 Å². The van der Waals surface area contributed by atoms with Crippen LogP contribution in [0.2, 0.25) is 0 Å². The average Bonchev–Trinajstić information content (AvgIpc) is 3.19. The molecule has 0 radical (unpaired) electrons. The second kappa shape index (κ2) is 10.8. The molecule has 0 atom stereocenters. The molecule has 29 heavy (non-hydrogen) atoms. The number of nitrogens with zero attached hydrogens (tertiary/aromatic N) is 1. The molecule has 0 aromatic heterocycles. The number of carbonyl (C=O) groups is 1. The zero-order valence-corrected chi connectivity index (χ0v) is 21.5. The molecule has 1 aliphatic rings. The predicted molar refractivity (Wildman–Crippen MR) is 134 cm³/mol. The lowest BCUT2D eigenvalue weighted by molar-refractivity contribution is -0.117. The molecule has 0 unspecified atom stereocenters. The summed E-state index contributed by atoms with van der Waals surface area (Å²) in [7, 11) is 0. The van der Waals surface area contributed by atoms with Crippen LogP contribution in [0.5, 0.6) is 5.75 Å². The molecule has 7 heteroatoms. The van der Waals surface area contributed by atoms with Gasteiger partial charge in [-0.25, -0.2) is 0 Å². The Morgan fingerprint density at radius 1 is 1.21 bits per heavy atom. The summed E-state index contributed by atoms with van der Waals surface area (Å²) in [4.78, 5) is 12.4. The van der Waals surface area contributed by atoms with Gasteiger partial charge in [-0.1, -0.05) is 40.9 Å². The van der Waals surface area contributed by atoms with Crippen LogP contribution in [-0.4, -0.2) is 11.9 Å². The van der Waals surface area contributed by atoms with Crippen molar-refractivity contribution in [2.24, 2.45) is 0 Å². The zero-order chi connectivity index (χ0) is 20.8. The summed E-state index contributed by atoms with van der Waals surface area (Å²) in [5.41, 5.74) is 2.03. The molecule has 4 nitrogen and oxygen atoms in total. The van der Waals surface area contributed by atoms with Gasteiger partial charge in [-0.15, -0.1) is 0 Å². The number of amides is 1. The third-order valence-corrected chi connectivity index (χ3v) is 6.81. The number of nitriles is 1. The lowest BCUT2D eigenvalue weighted by Crippen LogP contribution is -2.33. The number of rotatable bonds is 6. The number of benzene rings is 2. The minimum Gasteiger partial charge on any atom is -0.487 e. The summed E-state index contributed by atoms with van der Waals surface area (Å²) >= 11 is 7.88. The normalized spacial score (nSPS) is 14.5. The number of carbonyl (C=O) groups excluding carboxylic acids is 1. The van der Waals surface area contributed by atoms with Crippen molar-refractivity contribution in [1.29, 1.82) is 5.26 Å². The van der Waals surface area contributed by atoms with Crippen LogP contribution in [0.3, 0.4) is 0 Å². The second-order valence-electron chi connectivity index (χ2n) is 6.85. The summed E-state index contributed by atoms with van der Waals surface area (Å²) in [5, 5.41) is 12.4. The number of nitrogens with one attached hydrogen (secondary N) is 1. The summed E-state index contributed by atoms with van der Waals surface area (Å²) in [6.07, 6.45) is 5.89. The van der Waals surface area contributed by atoms with Gasteiger partial charge in [0.1, 0.15) is 24.0 Å². The summed E-state index contributed by atoms with van der Waals surface area (Å²) in [6, 6.07) is 14.1. The van der Waals surface area contributed by atoms with Gasteiger partial charge in [-0.3, -0.25) is 4.79 Å². The minimum absolute atomic E-state index is 0.132. The maximum absolute atomic E-state index is 12.4. The van der Waals surface area contributed by atoms with Gasteiger partial charge in [0.25, 0.3) is 5.91 Å². The molecule has 0 heterocycles. The molecule has 1 aliphatic carbocycles. The van der Waals surface area contributed by atoms with Crippen molar-refractivity contribution in [3.05, 3.63) is 64.7 Å². The monoisotopic (exact) mass is 676 g/mol. The van der Waals surface area contributed by atoms with Gasteiger partial charge in [0, 0.05) is 10.5 Å². The van der Waals surface area contributed by atoms with Gasteiger partial charge >= 0.3 is 0 Å². The summed E-state index contributed by atoms with van der Waals surface area (Å²) in [6.45, 7) is 0.474. The van der Waals surface area contributed by atoms with Gasteiger partial charge in [0.15, 0.2) is 0 Å². The summed E-state index contributed by atoms with van der Waals surface area (Å²) in [5.74, 6) is 0.514. The van der Waals surface area contributed by atoms with Gasteiger partial charge in [0.05, 0.1) is 7.14 Å². The van der Waals surface area contributed by atoms with Crippen LogP contribution in [0.15, 0.2) is 46.4 Å². The van der Waals surface area contributed by atoms with E-state index in [4.69, 9.17) is 4.74 Å². The number of hydrogen-bond acceptors (Lipinski definition) is 3. The average molecular weight is 677 g/mol. The van der Waals surface area contributed by atoms with Crippen LogP contribution in [-0.2, 0) is 11.4 Å². The number of halogens is 3. The van der Waals surface area contributed by atoms with Gasteiger partial charge < -0.3 is 10.1 Å². The van der Waals surface area contributed by atoms with E-state index in [0.29, 0.717) is 6.61 Å². The minimum atomic E-state index is -0.292. The standard InChI is InChI=1S/C22H19BrI2N2O2/c23-17-7-5-14(6-8-17)13-29-21-19(24)10-15(11-20(21)25)9-16(12-26)22(28)27-18-3-1-2-4-18/h5-11,18H,1-4,13H2,(H,27,28)/b16-9-. The van der Waals surface area contributed by atoms with Gasteiger partial charge in [-0.2, -0.15) is 5.26 Å². The highest BCUT2D eigenvalue weighted by atomic mass is 127. The largest absolute Gasteiger partial charge is 0.487 e. The Kier molecular flexibility index (Phi) is 8.38. The Bertz CT molecular complexity index is 939. The first-order valence-electron chi connectivity index (χ1n) is 9.25. The molecule has 1 saturated carbocycles. The van der Waals surface area contributed by atoms with E-state index in [2.05, 4.69) is 66.4 Å². The summed E-state index contributed by atoms with van der Waals surface area (Å²) < 4.78 is 8.93. The molecule has 0 bridgehead atoms. The van der Waals surface area contributed by atoms with Crippen LogP contribution >= 0.6 is 61.1 Å². The van der Waals surface area contributed by atoms with Gasteiger partial charge in [-0.05, 0) is 99.5 Å². The molecular weight excluding hydrogens is 658 g/mol. The fourth-order valence-corrected chi connectivity index (χ4v) is 5.58. The smallest absolute Gasteiger partial charge is 0.262 e. The Morgan fingerprint density at radius 3 is 2.41 bits per heavy atom. The van der Waals surface area contributed by atoms with Crippen LogP contribution in [0.4, 0.5) is 0 Å². The molecule has 1 fully saturated rings. The van der Waals surface area contributed by atoms with Crippen molar-refractivity contribution in [2.75, 3.05) is 0 Å². The van der Waals surface area contributed by atoms with E-state index < -0.39 is 0 Å².